The fourth-order valence-electron chi connectivity index (χ4n) is 4.06. The van der Waals surface area contributed by atoms with E-state index in [1.807, 2.05) is 0 Å². The summed E-state index contributed by atoms with van der Waals surface area (Å²) < 4.78 is 14.7. The maximum atomic E-state index is 13.6. The standard InChI is InChI=1S/C28H27FN4O5/c1-16(15-34)31-27(37)24-26(36)25-23(12-20(13-30-25)11-18-3-7-21(29)8-4-18)33(28(24)38)14-19-5-9-22(10-6-19)32-17(2)35/h3-10,12-13,16,34,36H,11,14-15H2,1-2H3,(H,31,37)(H,32,35). The number of halogens is 1. The van der Waals surface area contributed by atoms with Gasteiger partial charge in [0.25, 0.3) is 11.5 Å². The Bertz CT molecular complexity index is 1550. The van der Waals surface area contributed by atoms with Crippen LogP contribution in [0.3, 0.4) is 0 Å². The molecule has 2 aromatic heterocycles. The number of aromatic hydroxyl groups is 1. The third-order valence-electron chi connectivity index (χ3n) is 5.95. The molecule has 2 heterocycles. The van der Waals surface area contributed by atoms with E-state index < -0.39 is 28.8 Å². The number of hydrogen-bond donors (Lipinski definition) is 4. The van der Waals surface area contributed by atoms with Gasteiger partial charge in [-0.15, -0.1) is 0 Å². The number of benzene rings is 2. The van der Waals surface area contributed by atoms with Crippen molar-refractivity contribution in [3.8, 4) is 5.75 Å². The van der Waals surface area contributed by atoms with Crippen LogP contribution < -0.4 is 16.2 Å². The second kappa shape index (κ2) is 11.2. The highest BCUT2D eigenvalue weighted by molar-refractivity contribution is 6.01. The molecule has 1 unspecified atom stereocenters. The first-order chi connectivity index (χ1) is 18.2. The summed E-state index contributed by atoms with van der Waals surface area (Å²) in [7, 11) is 0. The van der Waals surface area contributed by atoms with Gasteiger partial charge in [-0.25, -0.2) is 4.39 Å². The highest BCUT2D eigenvalue weighted by atomic mass is 19.1. The first-order valence-corrected chi connectivity index (χ1v) is 11.9. The van der Waals surface area contributed by atoms with Gasteiger partial charge in [0.1, 0.15) is 16.9 Å². The number of rotatable bonds is 8. The van der Waals surface area contributed by atoms with Crippen molar-refractivity contribution < 1.29 is 24.2 Å². The predicted molar refractivity (Wildman–Crippen MR) is 141 cm³/mol. The van der Waals surface area contributed by atoms with Crippen LogP contribution >= 0.6 is 0 Å². The molecule has 2 aromatic carbocycles. The Labute approximate surface area is 217 Å². The van der Waals surface area contributed by atoms with E-state index in [2.05, 4.69) is 15.6 Å². The molecule has 9 nitrogen and oxygen atoms in total. The molecular weight excluding hydrogens is 491 g/mol. The van der Waals surface area contributed by atoms with Crippen molar-refractivity contribution in [2.75, 3.05) is 11.9 Å². The minimum absolute atomic E-state index is 0.0491. The summed E-state index contributed by atoms with van der Waals surface area (Å²) in [6, 6.07) is 13.9. The van der Waals surface area contributed by atoms with Crippen LogP contribution in [0.2, 0.25) is 0 Å². The number of aliphatic hydroxyl groups excluding tert-OH is 1. The first-order valence-electron chi connectivity index (χ1n) is 11.9. The number of fused-ring (bicyclic) bond motifs is 1. The van der Waals surface area contributed by atoms with E-state index in [9.17, 15) is 29.0 Å². The highest BCUT2D eigenvalue weighted by Gasteiger charge is 2.24. The summed E-state index contributed by atoms with van der Waals surface area (Å²) in [6.07, 6.45) is 1.93. The lowest BCUT2D eigenvalue weighted by atomic mass is 10.0. The third-order valence-corrected chi connectivity index (χ3v) is 5.95. The summed E-state index contributed by atoms with van der Waals surface area (Å²) in [5.74, 6) is -1.96. The monoisotopic (exact) mass is 518 g/mol. The summed E-state index contributed by atoms with van der Waals surface area (Å²) in [5, 5.41) is 25.4. The summed E-state index contributed by atoms with van der Waals surface area (Å²) in [5.41, 5.74) is 1.99. The van der Waals surface area contributed by atoms with E-state index in [1.54, 1.807) is 49.4 Å². The van der Waals surface area contributed by atoms with Crippen LogP contribution in [-0.4, -0.2) is 44.2 Å². The lowest BCUT2D eigenvalue weighted by Gasteiger charge is -2.17. The molecule has 4 N–H and O–H groups in total. The number of nitrogens with zero attached hydrogens (tertiary/aromatic N) is 2. The van der Waals surface area contributed by atoms with Crippen molar-refractivity contribution in [1.82, 2.24) is 14.9 Å². The smallest absolute Gasteiger partial charge is 0.268 e. The first kappa shape index (κ1) is 26.5. The summed E-state index contributed by atoms with van der Waals surface area (Å²) >= 11 is 0. The Balaban J connectivity index is 1.82. The summed E-state index contributed by atoms with van der Waals surface area (Å²) in [4.78, 5) is 42.2. The number of anilines is 1. The van der Waals surface area contributed by atoms with Crippen molar-refractivity contribution in [3.05, 3.63) is 99.2 Å². The molecule has 4 aromatic rings. The minimum Gasteiger partial charge on any atom is -0.505 e. The zero-order chi connectivity index (χ0) is 27.4. The molecule has 0 saturated heterocycles. The minimum atomic E-state index is -0.831. The second-order valence-corrected chi connectivity index (χ2v) is 9.06. The van der Waals surface area contributed by atoms with E-state index in [1.165, 1.54) is 29.8 Å². The molecule has 0 spiro atoms. The van der Waals surface area contributed by atoms with E-state index in [-0.39, 0.29) is 30.4 Å². The molecule has 10 heteroatoms. The van der Waals surface area contributed by atoms with Gasteiger partial charge in [-0.3, -0.25) is 19.4 Å². The lowest BCUT2D eigenvalue weighted by molar-refractivity contribution is -0.114. The average Bonchev–Trinajstić information content (AvgIpc) is 2.88. The number of amides is 2. The number of carbonyl (C=O) groups excluding carboxylic acids is 2. The van der Waals surface area contributed by atoms with Crippen LogP contribution in [0.25, 0.3) is 11.0 Å². The van der Waals surface area contributed by atoms with Crippen molar-refractivity contribution in [3.63, 3.8) is 0 Å². The van der Waals surface area contributed by atoms with E-state index in [4.69, 9.17) is 0 Å². The quantitative estimate of drug-likeness (QED) is 0.283. The van der Waals surface area contributed by atoms with Crippen molar-refractivity contribution in [2.24, 2.45) is 0 Å². The predicted octanol–water partition coefficient (Wildman–Crippen LogP) is 2.95. The highest BCUT2D eigenvalue weighted by Crippen LogP contribution is 2.27. The molecule has 196 valence electrons. The molecule has 0 bridgehead atoms. The number of pyridine rings is 2. The molecule has 1 atom stereocenters. The average molecular weight is 519 g/mol. The molecule has 0 aliphatic heterocycles. The van der Waals surface area contributed by atoms with Crippen LogP contribution in [0.1, 0.15) is 40.9 Å². The van der Waals surface area contributed by atoms with Gasteiger partial charge in [0.2, 0.25) is 5.91 Å². The molecular formula is C28H27FN4O5. The van der Waals surface area contributed by atoms with E-state index >= 15 is 0 Å². The van der Waals surface area contributed by atoms with Crippen molar-refractivity contribution in [1.29, 1.82) is 0 Å². The van der Waals surface area contributed by atoms with Crippen LogP contribution in [0.5, 0.6) is 5.75 Å². The molecule has 0 fully saturated rings. The van der Waals surface area contributed by atoms with Gasteiger partial charge in [-0.2, -0.15) is 0 Å². The van der Waals surface area contributed by atoms with E-state index in [0.29, 0.717) is 28.8 Å². The van der Waals surface area contributed by atoms with Gasteiger partial charge in [0, 0.05) is 24.8 Å². The Morgan fingerprint density at radius 1 is 1.05 bits per heavy atom. The van der Waals surface area contributed by atoms with Crippen molar-refractivity contribution in [2.45, 2.75) is 32.9 Å². The largest absolute Gasteiger partial charge is 0.505 e. The zero-order valence-corrected chi connectivity index (χ0v) is 20.9. The SMILES string of the molecule is CC(=O)Nc1ccc(Cn2c(=O)c(C(=O)NC(C)CO)c(O)c3ncc(Cc4ccc(F)cc4)cc32)cc1. The van der Waals surface area contributed by atoms with E-state index in [0.717, 1.165) is 5.56 Å². The van der Waals surface area contributed by atoms with Gasteiger partial charge >= 0.3 is 0 Å². The molecule has 0 aliphatic carbocycles. The normalized spacial score (nSPS) is 11.8. The fourth-order valence-corrected chi connectivity index (χ4v) is 4.06. The Hall–Kier alpha value is -4.57. The third kappa shape index (κ3) is 5.87. The molecule has 0 saturated carbocycles. The molecule has 0 radical (unpaired) electrons. The maximum Gasteiger partial charge on any atom is 0.268 e. The number of nitrogens with one attached hydrogen (secondary N) is 2. The molecule has 38 heavy (non-hydrogen) atoms. The van der Waals surface area contributed by atoms with Gasteiger partial charge < -0.3 is 25.4 Å². The van der Waals surface area contributed by atoms with Crippen LogP contribution in [0, 0.1) is 5.82 Å². The van der Waals surface area contributed by atoms with Crippen LogP contribution in [-0.2, 0) is 17.8 Å². The topological polar surface area (TPSA) is 134 Å². The Morgan fingerprint density at radius 2 is 1.71 bits per heavy atom. The van der Waals surface area contributed by atoms with Crippen LogP contribution in [0.4, 0.5) is 10.1 Å². The number of carbonyl (C=O) groups is 2. The number of hydrogen-bond acceptors (Lipinski definition) is 6. The van der Waals surface area contributed by atoms with Crippen LogP contribution in [0.15, 0.2) is 65.6 Å². The summed E-state index contributed by atoms with van der Waals surface area (Å²) in [6.45, 7) is 2.66. The van der Waals surface area contributed by atoms with Gasteiger partial charge in [0.15, 0.2) is 5.75 Å². The molecule has 4 rings (SSSR count). The molecule has 0 aliphatic rings. The maximum absolute atomic E-state index is 13.6. The van der Waals surface area contributed by atoms with Crippen molar-refractivity contribution >= 4 is 28.5 Å². The van der Waals surface area contributed by atoms with Gasteiger partial charge in [-0.05, 0) is 60.4 Å². The molecule has 2 amide bonds. The van der Waals surface area contributed by atoms with Gasteiger partial charge in [-0.1, -0.05) is 24.3 Å². The Morgan fingerprint density at radius 3 is 2.34 bits per heavy atom. The zero-order valence-electron chi connectivity index (χ0n) is 20.9. The van der Waals surface area contributed by atoms with Gasteiger partial charge in [0.05, 0.1) is 18.7 Å². The second-order valence-electron chi connectivity index (χ2n) is 9.06. The Kier molecular flexibility index (Phi) is 7.82. The lowest BCUT2D eigenvalue weighted by Crippen LogP contribution is -2.39. The fraction of sp³-hybridized carbons (Fsp3) is 0.214. The number of aliphatic hydroxyl groups is 1. The number of aromatic nitrogens is 2.